The number of carboxylic acid groups (broad SMARTS) is 1. The number of benzene rings is 4. The van der Waals surface area contributed by atoms with Crippen molar-refractivity contribution < 1.29 is 33.3 Å². The molecule has 1 fully saturated rings. The van der Waals surface area contributed by atoms with Crippen molar-refractivity contribution in [2.75, 3.05) is 36.5 Å². The zero-order valence-corrected chi connectivity index (χ0v) is 27.7. The lowest BCUT2D eigenvalue weighted by atomic mass is 9.88. The van der Waals surface area contributed by atoms with E-state index in [-0.39, 0.29) is 28.5 Å². The molecular weight excluding hydrogens is 630 g/mol. The molecule has 0 atom stereocenters. The minimum absolute atomic E-state index is 0.0452. The van der Waals surface area contributed by atoms with Gasteiger partial charge in [-0.1, -0.05) is 48.5 Å². The molecule has 4 aromatic rings. The summed E-state index contributed by atoms with van der Waals surface area (Å²) in [5.74, 6) is -1.97. The predicted octanol–water partition coefficient (Wildman–Crippen LogP) is 6.17. The van der Waals surface area contributed by atoms with Crippen molar-refractivity contribution in [3.05, 3.63) is 125 Å². The fraction of sp³-hybridized carbons (Fsp3) is 0.243. The maximum Gasteiger partial charge on any atom is 0.339 e. The Morgan fingerprint density at radius 3 is 2.08 bits per heavy atom. The molecule has 1 aliphatic rings. The van der Waals surface area contributed by atoms with Gasteiger partial charge in [0.15, 0.2) is 0 Å². The van der Waals surface area contributed by atoms with Crippen LogP contribution in [0.15, 0.2) is 102 Å². The second-order valence-corrected chi connectivity index (χ2v) is 14.1. The summed E-state index contributed by atoms with van der Waals surface area (Å²) in [7, 11) is -2.64. The van der Waals surface area contributed by atoms with Crippen LogP contribution < -0.4 is 9.80 Å². The predicted molar refractivity (Wildman–Crippen MR) is 186 cm³/mol. The van der Waals surface area contributed by atoms with Gasteiger partial charge in [0.1, 0.15) is 17.1 Å². The molecule has 1 heterocycles. The van der Waals surface area contributed by atoms with Crippen molar-refractivity contribution in [1.82, 2.24) is 4.31 Å². The lowest BCUT2D eigenvalue weighted by molar-refractivity contribution is -0.118. The molecule has 0 aromatic heterocycles. The van der Waals surface area contributed by atoms with Gasteiger partial charge in [0, 0.05) is 43.1 Å². The molecule has 1 amide bonds. The van der Waals surface area contributed by atoms with Crippen molar-refractivity contribution in [1.29, 1.82) is 0 Å². The highest BCUT2D eigenvalue weighted by molar-refractivity contribution is 7.89. The second kappa shape index (κ2) is 14.3. The van der Waals surface area contributed by atoms with Crippen LogP contribution in [0.3, 0.4) is 0 Å². The summed E-state index contributed by atoms with van der Waals surface area (Å²) in [6, 6.07) is 25.8. The number of carbonyl (C=O) groups is 2. The number of likely N-dealkylation sites (N-methyl/N-ethyl adjacent to an activating group) is 1. The Kier molecular flexibility index (Phi) is 10.2. The van der Waals surface area contributed by atoms with Gasteiger partial charge < -0.3 is 25.1 Å². The molecule has 0 radical (unpaired) electrons. The lowest BCUT2D eigenvalue weighted by Crippen LogP contribution is -2.41. The van der Waals surface area contributed by atoms with Crippen LogP contribution in [-0.2, 0) is 21.4 Å². The van der Waals surface area contributed by atoms with E-state index in [1.54, 1.807) is 12.1 Å². The molecule has 1 aliphatic heterocycles. The number of carbonyl (C=O) groups excluding carboxylic acids is 1. The van der Waals surface area contributed by atoms with Crippen LogP contribution >= 0.6 is 0 Å². The number of aliphatic hydroxyl groups is 1. The topological polar surface area (TPSA) is 139 Å². The molecular formula is C37H39N3O7S. The number of sulfonamides is 1. The number of aromatic hydroxyl groups is 1. The van der Waals surface area contributed by atoms with E-state index in [0.717, 1.165) is 47.1 Å². The monoisotopic (exact) mass is 669 g/mol. The van der Waals surface area contributed by atoms with E-state index >= 15 is 0 Å². The highest BCUT2D eigenvalue weighted by Crippen LogP contribution is 2.32. The number of piperidine rings is 1. The molecule has 48 heavy (non-hydrogen) atoms. The minimum atomic E-state index is -3.97. The maximum absolute atomic E-state index is 13.7. The van der Waals surface area contributed by atoms with Crippen LogP contribution in [-0.4, -0.2) is 66.6 Å². The van der Waals surface area contributed by atoms with E-state index in [0.29, 0.717) is 11.5 Å². The van der Waals surface area contributed by atoms with Gasteiger partial charge in [0.2, 0.25) is 15.9 Å². The summed E-state index contributed by atoms with van der Waals surface area (Å²) in [5.41, 5.74) is 4.57. The summed E-state index contributed by atoms with van der Waals surface area (Å²) >= 11 is 0. The normalized spacial score (nSPS) is 13.8. The van der Waals surface area contributed by atoms with Gasteiger partial charge in [-0.05, 0) is 85.3 Å². The first-order valence-electron chi connectivity index (χ1n) is 15.6. The molecule has 10 nitrogen and oxygen atoms in total. The van der Waals surface area contributed by atoms with Crippen LogP contribution in [0, 0.1) is 6.92 Å². The molecule has 4 aromatic carbocycles. The third kappa shape index (κ3) is 7.70. The van der Waals surface area contributed by atoms with E-state index < -0.39 is 34.2 Å². The summed E-state index contributed by atoms with van der Waals surface area (Å²) < 4.78 is 27.4. The fourth-order valence-electron chi connectivity index (χ4n) is 5.86. The van der Waals surface area contributed by atoms with E-state index in [2.05, 4.69) is 11.5 Å². The highest BCUT2D eigenvalue weighted by atomic mass is 32.2. The van der Waals surface area contributed by atoms with Gasteiger partial charge in [-0.15, -0.1) is 0 Å². The molecule has 0 bridgehead atoms. The van der Waals surface area contributed by atoms with Gasteiger partial charge in [-0.2, -0.15) is 4.31 Å². The summed E-state index contributed by atoms with van der Waals surface area (Å²) in [4.78, 5) is 29.0. The van der Waals surface area contributed by atoms with Gasteiger partial charge in [-0.3, -0.25) is 4.79 Å². The second-order valence-electron chi connectivity index (χ2n) is 12.1. The number of nitrogens with zero attached hydrogens (tertiary/aromatic N) is 3. The number of anilines is 2. The molecule has 3 N–H and O–H groups in total. The third-order valence-corrected chi connectivity index (χ3v) is 10.6. The number of amides is 1. The Labute approximate surface area is 280 Å². The van der Waals surface area contributed by atoms with Crippen LogP contribution in [0.1, 0.15) is 51.4 Å². The minimum Gasteiger partial charge on any atom is -0.508 e. The molecule has 5 rings (SSSR count). The number of hydrogen-bond acceptors (Lipinski definition) is 7. The molecule has 0 aliphatic carbocycles. The number of phenols is 1. The van der Waals surface area contributed by atoms with E-state index in [4.69, 9.17) is 0 Å². The Balaban J connectivity index is 1.31. The fourth-order valence-corrected chi connectivity index (χ4v) is 6.98. The average Bonchev–Trinajstić information content (AvgIpc) is 3.07. The number of aromatic carboxylic acids is 1. The quantitative estimate of drug-likeness (QED) is 0.161. The SMILES string of the molecule is C=C(O)c1ccc(N2CCC(c3ccc(CN(C(=O)CN(C)S(=O)(=O)c4ccc(C)cc4)c4ccc(C(=O)O)c(O)c4)cc3)CC2)cc1. The van der Waals surface area contributed by atoms with E-state index in [9.17, 15) is 33.3 Å². The lowest BCUT2D eigenvalue weighted by Gasteiger charge is -2.34. The standard InChI is InChI=1S/C37H39N3O7S/c1-25-4-15-33(16-5-25)48(46,47)38(3)24-36(43)40(32-14-17-34(37(44)45)35(42)22-32)23-27-6-8-29(9-7-27)30-18-20-39(21-19-30)31-12-10-28(11-13-31)26(2)41/h4-17,22,30,41-42H,2,18-21,23-24H2,1,3H3,(H,44,45). The number of aryl methyl sites for hydroxylation is 1. The first-order chi connectivity index (χ1) is 22.8. The van der Waals surface area contributed by atoms with Crippen molar-refractivity contribution in [3.63, 3.8) is 0 Å². The zero-order valence-electron chi connectivity index (χ0n) is 26.9. The van der Waals surface area contributed by atoms with Crippen molar-refractivity contribution in [2.45, 2.75) is 37.1 Å². The number of carboxylic acids is 1. The Bertz CT molecular complexity index is 1900. The van der Waals surface area contributed by atoms with Gasteiger partial charge >= 0.3 is 5.97 Å². The van der Waals surface area contributed by atoms with Crippen molar-refractivity contribution in [2.24, 2.45) is 0 Å². The van der Waals surface area contributed by atoms with Gasteiger partial charge in [0.05, 0.1) is 18.0 Å². The Morgan fingerprint density at radius 1 is 0.896 bits per heavy atom. The number of hydrogen-bond donors (Lipinski definition) is 3. The van der Waals surface area contributed by atoms with Crippen LogP contribution in [0.4, 0.5) is 11.4 Å². The summed E-state index contributed by atoms with van der Waals surface area (Å²) in [5, 5.41) is 29.4. The zero-order chi connectivity index (χ0) is 34.6. The third-order valence-electron chi connectivity index (χ3n) is 8.76. The molecule has 0 saturated carbocycles. The van der Waals surface area contributed by atoms with Gasteiger partial charge in [-0.25, -0.2) is 13.2 Å². The van der Waals surface area contributed by atoms with E-state index in [1.165, 1.54) is 47.8 Å². The smallest absolute Gasteiger partial charge is 0.339 e. The van der Waals surface area contributed by atoms with Crippen LogP contribution in [0.5, 0.6) is 5.75 Å². The van der Waals surface area contributed by atoms with Gasteiger partial charge in [0.25, 0.3) is 0 Å². The molecule has 1 saturated heterocycles. The first kappa shape index (κ1) is 34.2. The van der Waals surface area contributed by atoms with Crippen molar-refractivity contribution in [3.8, 4) is 5.75 Å². The summed E-state index contributed by atoms with van der Waals surface area (Å²) in [6.45, 7) is 6.76. The molecule has 0 spiro atoms. The Morgan fingerprint density at radius 2 is 1.52 bits per heavy atom. The van der Waals surface area contributed by atoms with Crippen LogP contribution in [0.25, 0.3) is 5.76 Å². The molecule has 0 unspecified atom stereocenters. The highest BCUT2D eigenvalue weighted by Gasteiger charge is 2.27. The largest absolute Gasteiger partial charge is 0.508 e. The Hall–Kier alpha value is -5.13. The molecule has 250 valence electrons. The van der Waals surface area contributed by atoms with Crippen molar-refractivity contribution >= 4 is 39.0 Å². The van der Waals surface area contributed by atoms with Crippen LogP contribution in [0.2, 0.25) is 0 Å². The first-order valence-corrected chi connectivity index (χ1v) is 17.0. The summed E-state index contributed by atoms with van der Waals surface area (Å²) in [6.07, 6.45) is 1.91. The number of rotatable bonds is 11. The number of aliphatic hydroxyl groups excluding tert-OH is 1. The maximum atomic E-state index is 13.7. The van der Waals surface area contributed by atoms with E-state index in [1.807, 2.05) is 55.5 Å². The molecule has 11 heteroatoms. The average molecular weight is 670 g/mol.